The van der Waals surface area contributed by atoms with Crippen molar-refractivity contribution in [3.8, 4) is 22.6 Å². The van der Waals surface area contributed by atoms with Gasteiger partial charge in [0.15, 0.2) is 0 Å². The largest absolute Gasteiger partial charge is 0.444 e. The fourth-order valence-corrected chi connectivity index (χ4v) is 6.20. The molecule has 3 aromatic heterocycles. The highest BCUT2D eigenvalue weighted by Crippen LogP contribution is 2.42. The van der Waals surface area contributed by atoms with Crippen LogP contribution >= 0.6 is 0 Å². The summed E-state index contributed by atoms with van der Waals surface area (Å²) >= 11 is 0. The van der Waals surface area contributed by atoms with E-state index in [2.05, 4.69) is 56.7 Å². The third kappa shape index (κ3) is 5.11. The monoisotopic (exact) mass is 560 g/mol. The van der Waals surface area contributed by atoms with Crippen LogP contribution in [0, 0.1) is 0 Å². The standard InChI is InChI=1S/C34H36N6O2/c1-34(2,3)42-33(41)39-17-15-38(16-18-39)27-19-26(20-27)31-30-22-35-13-14-40(30)32(37-31)25-10-9-24-11-12-28(36-29(24)21-25)23-7-5-4-6-8-23/h4-14,21-22,26-27H,15-20H2,1-3H3. The molecule has 4 heterocycles. The molecular weight excluding hydrogens is 524 g/mol. The summed E-state index contributed by atoms with van der Waals surface area (Å²) in [7, 11) is 0. The van der Waals surface area contributed by atoms with Crippen LogP contribution in [0.15, 0.2) is 79.3 Å². The smallest absolute Gasteiger partial charge is 0.410 e. The number of carbonyl (C=O) groups is 1. The SMILES string of the molecule is CC(C)(C)OC(=O)N1CCN(C2CC(c3nc(-c4ccc5ccc(-c6ccccc6)nc5c4)n4ccncc34)C2)CC1. The summed E-state index contributed by atoms with van der Waals surface area (Å²) in [5, 5.41) is 1.11. The number of hydrogen-bond acceptors (Lipinski definition) is 6. The van der Waals surface area contributed by atoms with Crippen LogP contribution in [0.25, 0.3) is 39.1 Å². The van der Waals surface area contributed by atoms with Gasteiger partial charge in [0.05, 0.1) is 28.6 Å². The molecule has 2 aliphatic rings. The topological polar surface area (TPSA) is 75.9 Å². The number of ether oxygens (including phenoxy) is 1. The molecule has 214 valence electrons. The van der Waals surface area contributed by atoms with Crippen LogP contribution in [0.1, 0.15) is 45.2 Å². The molecule has 1 aliphatic heterocycles. The minimum Gasteiger partial charge on any atom is -0.444 e. The zero-order chi connectivity index (χ0) is 28.8. The van der Waals surface area contributed by atoms with E-state index in [-0.39, 0.29) is 6.09 Å². The van der Waals surface area contributed by atoms with Gasteiger partial charge in [-0.15, -0.1) is 0 Å². The Kier molecular flexibility index (Phi) is 6.66. The van der Waals surface area contributed by atoms with Gasteiger partial charge in [-0.1, -0.05) is 48.5 Å². The average Bonchev–Trinajstić information content (AvgIpc) is 3.35. The number of benzene rings is 2. The summed E-state index contributed by atoms with van der Waals surface area (Å²) in [4.78, 5) is 31.5. The van der Waals surface area contributed by atoms with Gasteiger partial charge in [-0.3, -0.25) is 14.3 Å². The van der Waals surface area contributed by atoms with E-state index >= 15 is 0 Å². The zero-order valence-electron chi connectivity index (χ0n) is 24.4. The molecule has 42 heavy (non-hydrogen) atoms. The number of pyridine rings is 1. The molecule has 5 aromatic rings. The van der Waals surface area contributed by atoms with Gasteiger partial charge >= 0.3 is 6.09 Å². The third-order valence-corrected chi connectivity index (χ3v) is 8.48. The second-order valence-electron chi connectivity index (χ2n) is 12.4. The highest BCUT2D eigenvalue weighted by atomic mass is 16.6. The maximum absolute atomic E-state index is 12.5. The van der Waals surface area contributed by atoms with Crippen molar-refractivity contribution < 1.29 is 9.53 Å². The first-order chi connectivity index (χ1) is 20.3. The van der Waals surface area contributed by atoms with Gasteiger partial charge in [0, 0.05) is 67.0 Å². The summed E-state index contributed by atoms with van der Waals surface area (Å²) in [5.74, 6) is 1.31. The number of aromatic nitrogens is 4. The number of imidazole rings is 1. The molecule has 0 atom stereocenters. The van der Waals surface area contributed by atoms with Crippen LogP contribution in [0.3, 0.4) is 0 Å². The van der Waals surface area contributed by atoms with Crippen molar-refractivity contribution in [2.75, 3.05) is 26.2 Å². The summed E-state index contributed by atoms with van der Waals surface area (Å²) < 4.78 is 7.73. The van der Waals surface area contributed by atoms with Crippen LogP contribution in [-0.2, 0) is 4.74 Å². The maximum atomic E-state index is 12.5. The zero-order valence-corrected chi connectivity index (χ0v) is 24.4. The molecule has 0 N–H and O–H groups in total. The van der Waals surface area contributed by atoms with Crippen LogP contribution in [0.4, 0.5) is 4.79 Å². The van der Waals surface area contributed by atoms with Crippen molar-refractivity contribution in [2.24, 2.45) is 0 Å². The molecule has 0 radical (unpaired) electrons. The third-order valence-electron chi connectivity index (χ3n) is 8.48. The van der Waals surface area contributed by atoms with Crippen LogP contribution in [0.5, 0.6) is 0 Å². The van der Waals surface area contributed by atoms with Gasteiger partial charge in [0.1, 0.15) is 11.4 Å². The van der Waals surface area contributed by atoms with Crippen molar-refractivity contribution >= 4 is 22.5 Å². The summed E-state index contributed by atoms with van der Waals surface area (Å²) in [6.45, 7) is 8.91. The Labute approximate surface area is 246 Å². The molecule has 0 unspecified atom stereocenters. The van der Waals surface area contributed by atoms with Crippen molar-refractivity contribution in [1.82, 2.24) is 29.2 Å². The fraction of sp³-hybridized carbons (Fsp3) is 0.353. The number of piperazine rings is 1. The highest BCUT2D eigenvalue weighted by molar-refractivity contribution is 5.86. The number of fused-ring (bicyclic) bond motifs is 2. The number of carbonyl (C=O) groups excluding carboxylic acids is 1. The van der Waals surface area contributed by atoms with Crippen molar-refractivity contribution in [2.45, 2.75) is 51.2 Å². The predicted octanol–water partition coefficient (Wildman–Crippen LogP) is 6.41. The number of amides is 1. The quantitative estimate of drug-likeness (QED) is 0.253. The van der Waals surface area contributed by atoms with Crippen LogP contribution < -0.4 is 0 Å². The lowest BCUT2D eigenvalue weighted by molar-refractivity contribution is 0.00289. The van der Waals surface area contributed by atoms with E-state index in [4.69, 9.17) is 14.7 Å². The first-order valence-electron chi connectivity index (χ1n) is 14.8. The highest BCUT2D eigenvalue weighted by Gasteiger charge is 2.39. The Morgan fingerprint density at radius 2 is 1.67 bits per heavy atom. The summed E-state index contributed by atoms with van der Waals surface area (Å²) in [6.07, 6.45) is 7.68. The maximum Gasteiger partial charge on any atom is 0.410 e. The van der Waals surface area contributed by atoms with E-state index in [1.807, 2.05) is 62.5 Å². The van der Waals surface area contributed by atoms with E-state index in [9.17, 15) is 4.79 Å². The molecule has 1 saturated carbocycles. The number of nitrogens with zero attached hydrogens (tertiary/aromatic N) is 6. The van der Waals surface area contributed by atoms with Crippen molar-refractivity contribution in [3.05, 3.63) is 84.9 Å². The van der Waals surface area contributed by atoms with Crippen LogP contribution in [-0.4, -0.2) is 73.1 Å². The number of rotatable bonds is 4. The lowest BCUT2D eigenvalue weighted by atomic mass is 9.77. The number of hydrogen-bond donors (Lipinski definition) is 0. The van der Waals surface area contributed by atoms with Gasteiger partial charge in [-0.05, 0) is 45.7 Å². The van der Waals surface area contributed by atoms with Gasteiger partial charge < -0.3 is 9.64 Å². The Morgan fingerprint density at radius 1 is 0.905 bits per heavy atom. The molecule has 2 aromatic carbocycles. The minimum atomic E-state index is -0.467. The van der Waals surface area contributed by atoms with E-state index in [0.717, 1.165) is 70.7 Å². The fourth-order valence-electron chi connectivity index (χ4n) is 6.20. The summed E-state index contributed by atoms with van der Waals surface area (Å²) in [5.41, 5.74) is 5.79. The van der Waals surface area contributed by atoms with Gasteiger partial charge in [0.2, 0.25) is 0 Å². The first-order valence-corrected chi connectivity index (χ1v) is 14.8. The predicted molar refractivity (Wildman–Crippen MR) is 164 cm³/mol. The van der Waals surface area contributed by atoms with Crippen molar-refractivity contribution in [1.29, 1.82) is 0 Å². The van der Waals surface area contributed by atoms with Gasteiger partial charge in [0.25, 0.3) is 0 Å². The molecule has 1 aliphatic carbocycles. The second-order valence-corrected chi connectivity index (χ2v) is 12.4. The molecule has 7 rings (SSSR count). The lowest BCUT2D eigenvalue weighted by Gasteiger charge is -2.46. The lowest BCUT2D eigenvalue weighted by Crippen LogP contribution is -2.55. The van der Waals surface area contributed by atoms with Crippen LogP contribution in [0.2, 0.25) is 0 Å². The molecule has 2 fully saturated rings. The van der Waals surface area contributed by atoms with Crippen molar-refractivity contribution in [3.63, 3.8) is 0 Å². The van der Waals surface area contributed by atoms with Gasteiger partial charge in [-0.25, -0.2) is 14.8 Å². The molecule has 1 saturated heterocycles. The van der Waals surface area contributed by atoms with Gasteiger partial charge in [-0.2, -0.15) is 0 Å². The Hall–Kier alpha value is -4.30. The summed E-state index contributed by atoms with van der Waals surface area (Å²) in [6, 6.07) is 21.4. The molecular formula is C34H36N6O2. The second kappa shape index (κ2) is 10.5. The molecule has 0 spiro atoms. The molecule has 0 bridgehead atoms. The Balaban J connectivity index is 1.09. The normalized spacial score (nSPS) is 19.6. The Bertz CT molecular complexity index is 1750. The molecule has 8 nitrogen and oxygen atoms in total. The van der Waals surface area contributed by atoms with E-state index in [1.165, 1.54) is 0 Å². The van der Waals surface area contributed by atoms with E-state index in [1.54, 1.807) is 0 Å². The first kappa shape index (κ1) is 26.6. The minimum absolute atomic E-state index is 0.210. The van der Waals surface area contributed by atoms with E-state index in [0.29, 0.717) is 25.0 Å². The molecule has 1 amide bonds. The van der Waals surface area contributed by atoms with E-state index < -0.39 is 5.60 Å². The molecule has 8 heteroatoms. The average molecular weight is 561 g/mol. The Morgan fingerprint density at radius 3 is 2.43 bits per heavy atom.